The molecular formula is C26H30N4O2. The van der Waals surface area contributed by atoms with Crippen LogP contribution in [0, 0.1) is 0 Å². The van der Waals surface area contributed by atoms with Gasteiger partial charge in [-0.25, -0.2) is 0 Å². The van der Waals surface area contributed by atoms with Crippen LogP contribution < -0.4 is 20.9 Å². The average molecular weight is 431 g/mol. The second-order valence-electron chi connectivity index (χ2n) is 8.90. The number of hydrogen-bond acceptors (Lipinski definition) is 5. The predicted molar refractivity (Wildman–Crippen MR) is 128 cm³/mol. The Labute approximate surface area is 189 Å². The molecule has 2 aromatic rings. The highest BCUT2D eigenvalue weighted by Gasteiger charge is 2.26. The van der Waals surface area contributed by atoms with Crippen molar-refractivity contribution < 1.29 is 9.59 Å². The molecule has 2 fully saturated rings. The van der Waals surface area contributed by atoms with E-state index in [0.717, 1.165) is 51.1 Å². The van der Waals surface area contributed by atoms with Crippen LogP contribution in [0.25, 0.3) is 6.08 Å². The van der Waals surface area contributed by atoms with Crippen LogP contribution in [0.5, 0.6) is 0 Å². The molecule has 3 heterocycles. The van der Waals surface area contributed by atoms with Gasteiger partial charge >= 0.3 is 0 Å². The lowest BCUT2D eigenvalue weighted by Gasteiger charge is -2.31. The molecule has 2 saturated heterocycles. The monoisotopic (exact) mass is 430 g/mol. The highest BCUT2D eigenvalue weighted by molar-refractivity contribution is 6.01. The van der Waals surface area contributed by atoms with Gasteiger partial charge in [0.1, 0.15) is 6.04 Å². The Morgan fingerprint density at radius 1 is 0.969 bits per heavy atom. The van der Waals surface area contributed by atoms with Crippen LogP contribution in [0.4, 0.5) is 11.4 Å². The summed E-state index contributed by atoms with van der Waals surface area (Å²) in [4.78, 5) is 25.7. The molecule has 166 valence electrons. The average Bonchev–Trinajstić information content (AvgIpc) is 2.82. The molecule has 3 aliphatic rings. The fraction of sp³-hybridized carbons (Fsp3) is 0.385. The summed E-state index contributed by atoms with van der Waals surface area (Å²) in [6.45, 7) is 4.08. The molecule has 6 nitrogen and oxygen atoms in total. The molecule has 0 bridgehead atoms. The Morgan fingerprint density at radius 2 is 1.78 bits per heavy atom. The number of amides is 2. The lowest BCUT2D eigenvalue weighted by Crippen LogP contribution is -2.47. The second-order valence-corrected chi connectivity index (χ2v) is 8.90. The van der Waals surface area contributed by atoms with Crippen molar-refractivity contribution in [3.05, 3.63) is 64.7 Å². The van der Waals surface area contributed by atoms with Gasteiger partial charge in [-0.15, -0.1) is 0 Å². The van der Waals surface area contributed by atoms with Crippen LogP contribution in [0.2, 0.25) is 0 Å². The number of piperidine rings is 2. The quantitative estimate of drug-likeness (QED) is 0.650. The minimum absolute atomic E-state index is 0.189. The Hall–Kier alpha value is -3.12. The van der Waals surface area contributed by atoms with Crippen molar-refractivity contribution in [2.45, 2.75) is 44.7 Å². The van der Waals surface area contributed by atoms with Crippen molar-refractivity contribution in [2.24, 2.45) is 0 Å². The fourth-order valence-corrected chi connectivity index (χ4v) is 4.91. The standard InChI is InChI=1S/C26H30N4O2/c31-25-9-8-24(26(32)29-25)28-21-4-6-22(7-5-21)30-14-11-18(12-15-30)16-19-2-1-3-20-17-27-13-10-23(19)20/h1-7,16,24,27-28H,8-15,17H2,(H,29,31,32). The van der Waals surface area contributed by atoms with E-state index in [9.17, 15) is 9.59 Å². The molecule has 0 saturated carbocycles. The van der Waals surface area contributed by atoms with Crippen molar-refractivity contribution in [3.8, 4) is 0 Å². The van der Waals surface area contributed by atoms with E-state index >= 15 is 0 Å². The van der Waals surface area contributed by atoms with Gasteiger partial charge in [-0.2, -0.15) is 0 Å². The summed E-state index contributed by atoms with van der Waals surface area (Å²) in [6.07, 6.45) is 6.62. The van der Waals surface area contributed by atoms with E-state index < -0.39 is 0 Å². The van der Waals surface area contributed by atoms with Gasteiger partial charge in [0.2, 0.25) is 11.8 Å². The smallest absolute Gasteiger partial charge is 0.249 e. The fourth-order valence-electron chi connectivity index (χ4n) is 4.91. The molecule has 2 amide bonds. The van der Waals surface area contributed by atoms with Gasteiger partial charge < -0.3 is 15.5 Å². The molecule has 0 aliphatic carbocycles. The summed E-state index contributed by atoms with van der Waals surface area (Å²) in [5.74, 6) is -0.428. The summed E-state index contributed by atoms with van der Waals surface area (Å²) in [5, 5.41) is 9.10. The topological polar surface area (TPSA) is 73.5 Å². The molecular weight excluding hydrogens is 400 g/mol. The van der Waals surface area contributed by atoms with Crippen LogP contribution in [-0.4, -0.2) is 37.5 Å². The predicted octanol–water partition coefficient (Wildman–Crippen LogP) is 3.23. The third-order valence-electron chi connectivity index (χ3n) is 6.75. The van der Waals surface area contributed by atoms with Gasteiger partial charge in [0.15, 0.2) is 0 Å². The lowest BCUT2D eigenvalue weighted by atomic mass is 9.92. The Bertz CT molecular complexity index is 1030. The van der Waals surface area contributed by atoms with Crippen LogP contribution in [0.1, 0.15) is 42.4 Å². The number of rotatable bonds is 4. The highest BCUT2D eigenvalue weighted by Crippen LogP contribution is 2.28. The van der Waals surface area contributed by atoms with E-state index in [1.54, 1.807) is 0 Å². The van der Waals surface area contributed by atoms with Crippen LogP contribution in [0.3, 0.4) is 0 Å². The molecule has 0 radical (unpaired) electrons. The molecule has 2 aromatic carbocycles. The summed E-state index contributed by atoms with van der Waals surface area (Å²) in [6, 6.07) is 14.6. The molecule has 6 heteroatoms. The number of carbonyl (C=O) groups excluding carboxylic acids is 2. The zero-order chi connectivity index (χ0) is 21.9. The van der Waals surface area contributed by atoms with E-state index in [1.165, 1.54) is 28.0 Å². The number of fused-ring (bicyclic) bond motifs is 1. The van der Waals surface area contributed by atoms with Crippen molar-refractivity contribution in [1.29, 1.82) is 0 Å². The number of hydrogen-bond donors (Lipinski definition) is 3. The molecule has 0 aromatic heterocycles. The third-order valence-corrected chi connectivity index (χ3v) is 6.75. The lowest BCUT2D eigenvalue weighted by molar-refractivity contribution is -0.133. The Morgan fingerprint density at radius 3 is 2.56 bits per heavy atom. The normalized spacial score (nSPS) is 21.1. The zero-order valence-electron chi connectivity index (χ0n) is 18.3. The second kappa shape index (κ2) is 9.17. The van der Waals surface area contributed by atoms with E-state index in [1.807, 2.05) is 12.1 Å². The van der Waals surface area contributed by atoms with Gasteiger partial charge in [0.05, 0.1) is 0 Å². The number of nitrogens with zero attached hydrogens (tertiary/aromatic N) is 1. The first-order valence-corrected chi connectivity index (χ1v) is 11.6. The van der Waals surface area contributed by atoms with Crippen molar-refractivity contribution in [3.63, 3.8) is 0 Å². The largest absolute Gasteiger partial charge is 0.374 e. The summed E-state index contributed by atoms with van der Waals surface area (Å²) in [5.41, 5.74) is 8.00. The van der Waals surface area contributed by atoms with Gasteiger partial charge in [0, 0.05) is 37.4 Å². The van der Waals surface area contributed by atoms with Crippen molar-refractivity contribution in [1.82, 2.24) is 10.6 Å². The minimum atomic E-state index is -0.347. The third kappa shape index (κ3) is 4.55. The van der Waals surface area contributed by atoms with Gasteiger partial charge in [-0.1, -0.05) is 29.8 Å². The number of anilines is 2. The maximum Gasteiger partial charge on any atom is 0.249 e. The van der Waals surface area contributed by atoms with Crippen molar-refractivity contribution >= 4 is 29.3 Å². The first kappa shape index (κ1) is 20.8. The van der Waals surface area contributed by atoms with Crippen LogP contribution in [0.15, 0.2) is 48.0 Å². The van der Waals surface area contributed by atoms with E-state index in [2.05, 4.69) is 57.3 Å². The minimum Gasteiger partial charge on any atom is -0.374 e. The van der Waals surface area contributed by atoms with E-state index in [4.69, 9.17) is 0 Å². The Kier molecular flexibility index (Phi) is 5.95. The maximum atomic E-state index is 12.0. The van der Waals surface area contributed by atoms with Gasteiger partial charge in [0.25, 0.3) is 0 Å². The molecule has 1 atom stereocenters. The molecule has 3 aliphatic heterocycles. The van der Waals surface area contributed by atoms with Crippen LogP contribution >= 0.6 is 0 Å². The number of imide groups is 1. The van der Waals surface area contributed by atoms with E-state index in [-0.39, 0.29) is 17.9 Å². The van der Waals surface area contributed by atoms with E-state index in [0.29, 0.717) is 12.8 Å². The van der Waals surface area contributed by atoms with Gasteiger partial charge in [-0.05, 0) is 73.2 Å². The molecule has 1 unspecified atom stereocenters. The molecule has 3 N–H and O–H groups in total. The number of benzene rings is 2. The summed E-state index contributed by atoms with van der Waals surface area (Å²) >= 11 is 0. The number of carbonyl (C=O) groups is 2. The van der Waals surface area contributed by atoms with Crippen LogP contribution in [-0.2, 0) is 22.6 Å². The summed E-state index contributed by atoms with van der Waals surface area (Å²) in [7, 11) is 0. The highest BCUT2D eigenvalue weighted by atomic mass is 16.2. The summed E-state index contributed by atoms with van der Waals surface area (Å²) < 4.78 is 0. The Balaban J connectivity index is 1.19. The molecule has 0 spiro atoms. The zero-order valence-corrected chi connectivity index (χ0v) is 18.3. The maximum absolute atomic E-state index is 12.0. The van der Waals surface area contributed by atoms with Crippen molar-refractivity contribution in [2.75, 3.05) is 29.9 Å². The first-order chi connectivity index (χ1) is 15.7. The molecule has 32 heavy (non-hydrogen) atoms. The first-order valence-electron chi connectivity index (χ1n) is 11.6. The van der Waals surface area contributed by atoms with Gasteiger partial charge in [-0.3, -0.25) is 14.9 Å². The molecule has 5 rings (SSSR count). The number of nitrogens with one attached hydrogen (secondary N) is 3. The SMILES string of the molecule is O=C1CCC(Nc2ccc(N3CCC(=Cc4cccc5c4CCNC5)CC3)cc2)C(=O)N1.